The quantitative estimate of drug-likeness (QED) is 0.362. The molecule has 0 radical (unpaired) electrons. The normalized spacial score (nSPS) is 11.2. The molecule has 0 saturated heterocycles. The maximum atomic E-state index is 13.5. The largest absolute Gasteiger partial charge is 0.508 e. The van der Waals surface area contributed by atoms with E-state index in [0.29, 0.717) is 10.8 Å². The molecular formula is C13H8FNO3. The first-order valence-corrected chi connectivity index (χ1v) is 5.21. The van der Waals surface area contributed by atoms with Gasteiger partial charge < -0.3 is 15.3 Å². The van der Waals surface area contributed by atoms with Crippen LogP contribution in [0.25, 0.3) is 21.7 Å². The van der Waals surface area contributed by atoms with Crippen LogP contribution in [0, 0.1) is 5.82 Å². The first-order chi connectivity index (χ1) is 8.56. The zero-order chi connectivity index (χ0) is 12.9. The van der Waals surface area contributed by atoms with Crippen LogP contribution in [0.1, 0.15) is 0 Å². The molecule has 5 heteroatoms. The molecule has 0 aliphatic carbocycles. The summed E-state index contributed by atoms with van der Waals surface area (Å²) in [5.74, 6) is -0.622. The molecule has 0 amide bonds. The van der Waals surface area contributed by atoms with Gasteiger partial charge in [0, 0.05) is 16.8 Å². The third kappa shape index (κ3) is 1.41. The second-order valence-electron chi connectivity index (χ2n) is 3.99. The topological polar surface area (TPSA) is 76.5 Å². The Morgan fingerprint density at radius 2 is 1.89 bits per heavy atom. The number of hydrogen-bond acceptors (Lipinski definition) is 4. The molecule has 3 N–H and O–H groups in total. The van der Waals surface area contributed by atoms with Gasteiger partial charge in [-0.05, 0) is 24.3 Å². The van der Waals surface area contributed by atoms with Crippen molar-refractivity contribution in [1.82, 2.24) is 0 Å². The molecule has 3 aromatic rings. The van der Waals surface area contributed by atoms with E-state index < -0.39 is 11.4 Å². The van der Waals surface area contributed by atoms with Crippen LogP contribution >= 0.6 is 0 Å². The maximum absolute atomic E-state index is 13.5. The lowest BCUT2D eigenvalue weighted by atomic mass is 10.1. The Hall–Kier alpha value is -2.56. The van der Waals surface area contributed by atoms with Gasteiger partial charge in [-0.25, -0.2) is 9.18 Å². The zero-order valence-electron chi connectivity index (χ0n) is 9.11. The van der Waals surface area contributed by atoms with Crippen molar-refractivity contribution in [1.29, 1.82) is 0 Å². The second kappa shape index (κ2) is 3.46. The zero-order valence-corrected chi connectivity index (χ0v) is 9.11. The molecule has 0 fully saturated rings. The molecule has 0 aliphatic heterocycles. The van der Waals surface area contributed by atoms with E-state index in [1.807, 2.05) is 0 Å². The fourth-order valence-electron chi connectivity index (χ4n) is 1.95. The Bertz CT molecular complexity index is 839. The first-order valence-electron chi connectivity index (χ1n) is 5.21. The lowest BCUT2D eigenvalue weighted by Gasteiger charge is -2.04. The monoisotopic (exact) mass is 245 g/mol. The van der Waals surface area contributed by atoms with Gasteiger partial charge in [0.2, 0.25) is 0 Å². The average molecular weight is 245 g/mol. The molecule has 1 aromatic heterocycles. The molecule has 0 bridgehead atoms. The highest BCUT2D eigenvalue weighted by Gasteiger charge is 2.11. The van der Waals surface area contributed by atoms with Gasteiger partial charge in [0.05, 0.1) is 11.1 Å². The molecule has 0 saturated carbocycles. The van der Waals surface area contributed by atoms with Gasteiger partial charge in [0.15, 0.2) is 0 Å². The molecule has 0 atom stereocenters. The number of phenols is 1. The van der Waals surface area contributed by atoms with Crippen LogP contribution in [0.5, 0.6) is 5.75 Å². The van der Waals surface area contributed by atoms with Gasteiger partial charge in [-0.15, -0.1) is 0 Å². The smallest absolute Gasteiger partial charge is 0.344 e. The molecule has 2 aromatic carbocycles. The summed E-state index contributed by atoms with van der Waals surface area (Å²) >= 11 is 0. The van der Waals surface area contributed by atoms with Crippen molar-refractivity contribution >= 4 is 27.4 Å². The van der Waals surface area contributed by atoms with Crippen LogP contribution in [-0.2, 0) is 0 Å². The molecule has 1 heterocycles. The van der Waals surface area contributed by atoms with E-state index >= 15 is 0 Å². The van der Waals surface area contributed by atoms with E-state index in [9.17, 15) is 14.3 Å². The molecular weight excluding hydrogens is 237 g/mol. The van der Waals surface area contributed by atoms with Crippen molar-refractivity contribution in [2.45, 2.75) is 0 Å². The summed E-state index contributed by atoms with van der Waals surface area (Å²) < 4.78 is 18.5. The van der Waals surface area contributed by atoms with E-state index in [1.165, 1.54) is 24.3 Å². The van der Waals surface area contributed by atoms with Crippen LogP contribution < -0.4 is 11.4 Å². The Labute approximate surface area is 100 Å². The maximum Gasteiger partial charge on any atom is 0.344 e. The van der Waals surface area contributed by atoms with Crippen LogP contribution in [-0.4, -0.2) is 5.11 Å². The highest BCUT2D eigenvalue weighted by molar-refractivity contribution is 6.05. The molecule has 4 nitrogen and oxygen atoms in total. The molecule has 0 spiro atoms. The van der Waals surface area contributed by atoms with Crippen molar-refractivity contribution in [3.8, 4) is 5.75 Å². The highest BCUT2D eigenvalue weighted by atomic mass is 19.1. The Balaban J connectivity index is 2.61. The number of rotatable bonds is 0. The molecule has 0 aliphatic rings. The minimum Gasteiger partial charge on any atom is -0.508 e. The van der Waals surface area contributed by atoms with Gasteiger partial charge in [0.1, 0.15) is 17.1 Å². The van der Waals surface area contributed by atoms with Crippen LogP contribution in [0.15, 0.2) is 39.5 Å². The first kappa shape index (κ1) is 10.6. The van der Waals surface area contributed by atoms with Crippen molar-refractivity contribution in [3.63, 3.8) is 0 Å². The Morgan fingerprint density at radius 3 is 2.67 bits per heavy atom. The summed E-state index contributed by atoms with van der Waals surface area (Å²) in [6.07, 6.45) is 0. The number of aromatic hydroxyl groups is 1. The lowest BCUT2D eigenvalue weighted by molar-refractivity contribution is 0.473. The fraction of sp³-hybridized carbons (Fsp3) is 0. The van der Waals surface area contributed by atoms with Gasteiger partial charge in [-0.2, -0.15) is 0 Å². The standard InChI is InChI=1S/C13H8FNO3/c14-10-4-8-7-2-1-6(16)3-12(7)18-13(17)9(8)5-11(10)15/h1-5,16H,15H2. The number of fused-ring (bicyclic) bond motifs is 3. The van der Waals surface area contributed by atoms with Gasteiger partial charge in [-0.3, -0.25) is 0 Å². The average Bonchev–Trinajstić information content (AvgIpc) is 2.31. The number of nitrogens with two attached hydrogens (primary N) is 1. The predicted octanol–water partition coefficient (Wildman–Crippen LogP) is 2.37. The van der Waals surface area contributed by atoms with Crippen molar-refractivity contribution in [2.75, 3.05) is 5.73 Å². The van der Waals surface area contributed by atoms with Gasteiger partial charge in [-0.1, -0.05) is 0 Å². The van der Waals surface area contributed by atoms with Gasteiger partial charge in [0.25, 0.3) is 0 Å². The summed E-state index contributed by atoms with van der Waals surface area (Å²) in [5, 5.41) is 10.5. The van der Waals surface area contributed by atoms with Crippen LogP contribution in [0.3, 0.4) is 0 Å². The number of hydrogen-bond donors (Lipinski definition) is 2. The molecule has 0 unspecified atom stereocenters. The molecule has 90 valence electrons. The van der Waals surface area contributed by atoms with Crippen molar-refractivity contribution in [2.24, 2.45) is 0 Å². The Kier molecular flexibility index (Phi) is 2.04. The minimum absolute atomic E-state index is 0.0269. The fourth-order valence-corrected chi connectivity index (χ4v) is 1.95. The van der Waals surface area contributed by atoms with E-state index in [4.69, 9.17) is 10.2 Å². The summed E-state index contributed by atoms with van der Waals surface area (Å²) in [5.41, 5.74) is 4.91. The SMILES string of the molecule is Nc1cc2c(=O)oc3cc(O)ccc3c2cc1F. The van der Waals surface area contributed by atoms with Crippen molar-refractivity contribution in [3.05, 3.63) is 46.6 Å². The minimum atomic E-state index is -0.616. The lowest BCUT2D eigenvalue weighted by Crippen LogP contribution is -2.02. The van der Waals surface area contributed by atoms with E-state index in [0.717, 1.165) is 0 Å². The summed E-state index contributed by atoms with van der Waals surface area (Å²) in [4.78, 5) is 11.7. The number of phenolic OH excluding ortho intramolecular Hbond substituents is 1. The summed E-state index contributed by atoms with van der Waals surface area (Å²) in [6.45, 7) is 0. The van der Waals surface area contributed by atoms with Gasteiger partial charge >= 0.3 is 5.63 Å². The number of nitrogen functional groups attached to an aromatic ring is 1. The van der Waals surface area contributed by atoms with E-state index in [-0.39, 0.29) is 22.4 Å². The molecule has 3 rings (SSSR count). The third-order valence-corrected chi connectivity index (χ3v) is 2.81. The highest BCUT2D eigenvalue weighted by Crippen LogP contribution is 2.28. The third-order valence-electron chi connectivity index (χ3n) is 2.81. The summed E-state index contributed by atoms with van der Waals surface area (Å²) in [6, 6.07) is 6.76. The van der Waals surface area contributed by atoms with Crippen LogP contribution in [0.2, 0.25) is 0 Å². The summed E-state index contributed by atoms with van der Waals surface area (Å²) in [7, 11) is 0. The number of halogens is 1. The Morgan fingerprint density at radius 1 is 1.11 bits per heavy atom. The van der Waals surface area contributed by atoms with Crippen LogP contribution in [0.4, 0.5) is 10.1 Å². The van der Waals surface area contributed by atoms with E-state index in [1.54, 1.807) is 6.07 Å². The second-order valence-corrected chi connectivity index (χ2v) is 3.99. The van der Waals surface area contributed by atoms with Crippen molar-refractivity contribution < 1.29 is 13.9 Å². The predicted molar refractivity (Wildman–Crippen MR) is 66.0 cm³/mol. The molecule has 18 heavy (non-hydrogen) atoms. The van der Waals surface area contributed by atoms with E-state index in [2.05, 4.69) is 0 Å². The number of benzene rings is 2. The number of anilines is 1.